The zero-order valence-corrected chi connectivity index (χ0v) is 8.49. The minimum absolute atomic E-state index is 0.182. The van der Waals surface area contributed by atoms with E-state index in [4.69, 9.17) is 4.74 Å². The summed E-state index contributed by atoms with van der Waals surface area (Å²) in [7, 11) is 0. The van der Waals surface area contributed by atoms with Crippen molar-refractivity contribution in [2.75, 3.05) is 0 Å². The molecule has 0 aliphatic carbocycles. The van der Waals surface area contributed by atoms with Gasteiger partial charge in [0.1, 0.15) is 6.10 Å². The normalized spacial score (nSPS) is 25.3. The van der Waals surface area contributed by atoms with E-state index in [1.807, 2.05) is 44.2 Å². The number of hydrogen-bond acceptors (Lipinski definition) is 2. The second-order valence-corrected chi connectivity index (χ2v) is 4.31. The fraction of sp³-hybridized carbons (Fsp3) is 0.417. The molecule has 1 unspecified atom stereocenters. The van der Waals surface area contributed by atoms with E-state index < -0.39 is 0 Å². The summed E-state index contributed by atoms with van der Waals surface area (Å²) in [5, 5.41) is 0. The van der Waals surface area contributed by atoms with Gasteiger partial charge in [-0.15, -0.1) is 0 Å². The maximum absolute atomic E-state index is 11.7. The molecule has 0 saturated carbocycles. The molecule has 0 spiro atoms. The van der Waals surface area contributed by atoms with Crippen molar-refractivity contribution in [1.82, 2.24) is 0 Å². The van der Waals surface area contributed by atoms with Crippen LogP contribution in [0.5, 0.6) is 0 Å². The fourth-order valence-corrected chi connectivity index (χ4v) is 1.82. The summed E-state index contributed by atoms with van der Waals surface area (Å²) in [4.78, 5) is 11.7. The Labute approximate surface area is 83.9 Å². The molecule has 74 valence electrons. The van der Waals surface area contributed by atoms with Gasteiger partial charge >= 0.3 is 0 Å². The van der Waals surface area contributed by atoms with E-state index in [-0.39, 0.29) is 17.5 Å². The summed E-state index contributed by atoms with van der Waals surface area (Å²) in [5.41, 5.74) is 0.653. The van der Waals surface area contributed by atoms with E-state index in [2.05, 4.69) is 0 Å². The van der Waals surface area contributed by atoms with Crippen molar-refractivity contribution in [3.05, 3.63) is 35.9 Å². The lowest BCUT2D eigenvalue weighted by molar-refractivity contribution is -0.123. The second-order valence-electron chi connectivity index (χ2n) is 4.31. The Morgan fingerprint density at radius 3 is 2.43 bits per heavy atom. The lowest BCUT2D eigenvalue weighted by Gasteiger charge is -2.17. The molecule has 1 fully saturated rings. The molecule has 1 aliphatic heterocycles. The molecule has 1 atom stereocenters. The van der Waals surface area contributed by atoms with Gasteiger partial charge in [-0.25, -0.2) is 0 Å². The molecule has 1 aliphatic rings. The van der Waals surface area contributed by atoms with Gasteiger partial charge in [-0.2, -0.15) is 0 Å². The zero-order valence-electron chi connectivity index (χ0n) is 8.49. The van der Waals surface area contributed by atoms with Crippen molar-refractivity contribution < 1.29 is 9.53 Å². The first-order valence-electron chi connectivity index (χ1n) is 4.84. The highest BCUT2D eigenvalue weighted by Gasteiger charge is 2.39. The number of rotatable bonds is 1. The Morgan fingerprint density at radius 2 is 1.93 bits per heavy atom. The van der Waals surface area contributed by atoms with Crippen LogP contribution < -0.4 is 0 Å². The summed E-state index contributed by atoms with van der Waals surface area (Å²) in [6.45, 7) is 3.90. The van der Waals surface area contributed by atoms with Crippen LogP contribution >= 0.6 is 0 Å². The van der Waals surface area contributed by atoms with Gasteiger partial charge in [0, 0.05) is 6.42 Å². The summed E-state index contributed by atoms with van der Waals surface area (Å²) in [5.74, 6) is 0.182. The van der Waals surface area contributed by atoms with Crippen LogP contribution in [0.25, 0.3) is 0 Å². The van der Waals surface area contributed by atoms with Gasteiger partial charge in [0.25, 0.3) is 0 Å². The van der Waals surface area contributed by atoms with E-state index in [9.17, 15) is 4.79 Å². The summed E-state index contributed by atoms with van der Waals surface area (Å²) < 4.78 is 5.70. The molecule has 2 rings (SSSR count). The highest BCUT2D eigenvalue weighted by atomic mass is 16.5. The zero-order chi connectivity index (χ0) is 10.2. The molecule has 0 N–H and O–H groups in total. The summed E-state index contributed by atoms with van der Waals surface area (Å²) in [6, 6.07) is 9.66. The Bertz CT molecular complexity index is 341. The SMILES string of the molecule is CC1(C)CC(=O)C(c2ccccc2)O1. The molecule has 2 nitrogen and oxygen atoms in total. The van der Waals surface area contributed by atoms with Crippen molar-refractivity contribution in [1.29, 1.82) is 0 Å². The molecule has 0 amide bonds. The Morgan fingerprint density at radius 1 is 1.29 bits per heavy atom. The number of hydrogen-bond donors (Lipinski definition) is 0. The van der Waals surface area contributed by atoms with Gasteiger partial charge in [0.15, 0.2) is 5.78 Å². The number of benzene rings is 1. The van der Waals surface area contributed by atoms with Crippen molar-refractivity contribution in [2.45, 2.75) is 32.0 Å². The molecule has 1 aromatic rings. The molecule has 0 bridgehead atoms. The van der Waals surface area contributed by atoms with Crippen LogP contribution in [0.3, 0.4) is 0 Å². The van der Waals surface area contributed by atoms with E-state index in [0.29, 0.717) is 6.42 Å². The second kappa shape index (κ2) is 3.21. The summed E-state index contributed by atoms with van der Waals surface area (Å²) in [6.07, 6.45) is 0.151. The van der Waals surface area contributed by atoms with Crippen LogP contribution in [0.2, 0.25) is 0 Å². The maximum atomic E-state index is 11.7. The third-order valence-electron chi connectivity index (χ3n) is 2.43. The number of ether oxygens (including phenoxy) is 1. The molecule has 0 aromatic heterocycles. The topological polar surface area (TPSA) is 26.3 Å². The number of carbonyl (C=O) groups is 1. The molecular formula is C12H14O2. The maximum Gasteiger partial charge on any atom is 0.168 e. The molecule has 1 heterocycles. The van der Waals surface area contributed by atoms with Gasteiger partial charge in [-0.1, -0.05) is 30.3 Å². The smallest absolute Gasteiger partial charge is 0.168 e. The molecule has 0 radical (unpaired) electrons. The molecule has 2 heteroatoms. The Hall–Kier alpha value is -1.15. The van der Waals surface area contributed by atoms with Gasteiger partial charge in [-0.05, 0) is 19.4 Å². The van der Waals surface area contributed by atoms with E-state index in [0.717, 1.165) is 5.56 Å². The van der Waals surface area contributed by atoms with E-state index in [1.54, 1.807) is 0 Å². The number of Topliss-reactive ketones (excluding diaryl/α,β-unsaturated/α-hetero) is 1. The molecule has 1 aromatic carbocycles. The third kappa shape index (κ3) is 1.70. The van der Waals surface area contributed by atoms with Gasteiger partial charge in [0.2, 0.25) is 0 Å². The molecular weight excluding hydrogens is 176 g/mol. The predicted molar refractivity (Wildman–Crippen MR) is 54.0 cm³/mol. The first kappa shape index (κ1) is 9.41. The van der Waals surface area contributed by atoms with Crippen molar-refractivity contribution in [3.8, 4) is 0 Å². The predicted octanol–water partition coefficient (Wildman–Crippen LogP) is 2.50. The number of ketones is 1. The van der Waals surface area contributed by atoms with Crippen molar-refractivity contribution >= 4 is 5.78 Å². The van der Waals surface area contributed by atoms with Gasteiger partial charge in [0.05, 0.1) is 5.60 Å². The minimum atomic E-state index is -0.355. The molecule has 1 saturated heterocycles. The molecule has 14 heavy (non-hydrogen) atoms. The monoisotopic (exact) mass is 190 g/mol. The Balaban J connectivity index is 2.26. The van der Waals surface area contributed by atoms with E-state index >= 15 is 0 Å². The average Bonchev–Trinajstić information content (AvgIpc) is 2.41. The van der Waals surface area contributed by atoms with Crippen LogP contribution in [0.1, 0.15) is 31.9 Å². The fourth-order valence-electron chi connectivity index (χ4n) is 1.82. The summed E-state index contributed by atoms with van der Waals surface area (Å²) >= 11 is 0. The van der Waals surface area contributed by atoms with Gasteiger partial charge < -0.3 is 4.74 Å². The van der Waals surface area contributed by atoms with Crippen LogP contribution in [0.4, 0.5) is 0 Å². The number of carbonyl (C=O) groups excluding carboxylic acids is 1. The van der Waals surface area contributed by atoms with Crippen LogP contribution in [-0.2, 0) is 9.53 Å². The lowest BCUT2D eigenvalue weighted by Crippen LogP contribution is -2.17. The van der Waals surface area contributed by atoms with Crippen LogP contribution in [0.15, 0.2) is 30.3 Å². The standard InChI is InChI=1S/C12H14O2/c1-12(2)8-10(13)11(14-12)9-6-4-3-5-7-9/h3-7,11H,8H2,1-2H3. The lowest BCUT2D eigenvalue weighted by atomic mass is 10.0. The van der Waals surface area contributed by atoms with Gasteiger partial charge in [-0.3, -0.25) is 4.79 Å². The minimum Gasteiger partial charge on any atom is -0.359 e. The average molecular weight is 190 g/mol. The first-order chi connectivity index (χ1) is 6.58. The van der Waals surface area contributed by atoms with Crippen LogP contribution in [-0.4, -0.2) is 11.4 Å². The Kier molecular flexibility index (Phi) is 2.16. The van der Waals surface area contributed by atoms with Crippen LogP contribution in [0, 0.1) is 0 Å². The van der Waals surface area contributed by atoms with Crippen molar-refractivity contribution in [3.63, 3.8) is 0 Å². The third-order valence-corrected chi connectivity index (χ3v) is 2.43. The van der Waals surface area contributed by atoms with Crippen molar-refractivity contribution in [2.24, 2.45) is 0 Å². The quantitative estimate of drug-likeness (QED) is 0.680. The highest BCUT2D eigenvalue weighted by Crippen LogP contribution is 2.35. The highest BCUT2D eigenvalue weighted by molar-refractivity contribution is 5.87. The first-order valence-corrected chi connectivity index (χ1v) is 4.84. The largest absolute Gasteiger partial charge is 0.359 e. The van der Waals surface area contributed by atoms with E-state index in [1.165, 1.54) is 0 Å².